The molecule has 0 aliphatic heterocycles. The van der Waals surface area contributed by atoms with Gasteiger partial charge in [0, 0.05) is 5.54 Å². The van der Waals surface area contributed by atoms with E-state index in [2.05, 4.69) is 15.0 Å². The van der Waals surface area contributed by atoms with E-state index >= 15 is 0 Å². The molecule has 0 aliphatic carbocycles. The number of sulfonamides is 1. The number of hydrogen-bond acceptors (Lipinski definition) is 4. The number of aromatic nitrogens is 1. The van der Waals surface area contributed by atoms with E-state index in [9.17, 15) is 8.42 Å². The van der Waals surface area contributed by atoms with Crippen LogP contribution < -0.4 is 10.0 Å². The molecule has 17 heavy (non-hydrogen) atoms. The highest BCUT2D eigenvalue weighted by molar-refractivity contribution is 7.92. The van der Waals surface area contributed by atoms with Gasteiger partial charge in [-0.1, -0.05) is 0 Å². The van der Waals surface area contributed by atoms with Gasteiger partial charge in [-0.05, 0) is 39.8 Å². The number of nitrogens with one attached hydrogen (secondary N) is 2. The molecule has 0 spiro atoms. The van der Waals surface area contributed by atoms with Crippen LogP contribution in [0.2, 0.25) is 0 Å². The quantitative estimate of drug-likeness (QED) is 0.866. The lowest BCUT2D eigenvalue weighted by atomic mass is 10.1. The molecule has 96 valence electrons. The number of hydrogen-bond donors (Lipinski definition) is 2. The van der Waals surface area contributed by atoms with Crippen molar-refractivity contribution in [2.24, 2.45) is 0 Å². The lowest BCUT2D eigenvalue weighted by Crippen LogP contribution is -2.26. The van der Waals surface area contributed by atoms with Gasteiger partial charge < -0.3 is 5.32 Å². The van der Waals surface area contributed by atoms with Gasteiger partial charge in [0.05, 0.1) is 17.6 Å². The summed E-state index contributed by atoms with van der Waals surface area (Å²) in [5.41, 5.74) is 0.809. The standard InChI is InChI=1S/C11H19N3O2S/c1-5-17(15,16)14-10-7-6-9(8-12-10)13-11(2,3)4/h6-8,13H,5H2,1-4H3,(H,12,14). The Kier molecular flexibility index (Phi) is 3.98. The molecule has 0 amide bonds. The van der Waals surface area contributed by atoms with E-state index < -0.39 is 10.0 Å². The van der Waals surface area contributed by atoms with Crippen molar-refractivity contribution in [3.8, 4) is 0 Å². The van der Waals surface area contributed by atoms with Gasteiger partial charge >= 0.3 is 0 Å². The molecule has 0 radical (unpaired) electrons. The van der Waals surface area contributed by atoms with Crippen LogP contribution in [0.25, 0.3) is 0 Å². The Morgan fingerprint density at radius 1 is 1.29 bits per heavy atom. The zero-order valence-corrected chi connectivity index (χ0v) is 11.4. The first kappa shape index (κ1) is 13.8. The Labute approximate surface area is 103 Å². The summed E-state index contributed by atoms with van der Waals surface area (Å²) in [6.07, 6.45) is 1.61. The summed E-state index contributed by atoms with van der Waals surface area (Å²) in [4.78, 5) is 4.04. The van der Waals surface area contributed by atoms with Gasteiger partial charge in [-0.15, -0.1) is 0 Å². The topological polar surface area (TPSA) is 71.1 Å². The molecule has 0 saturated carbocycles. The minimum Gasteiger partial charge on any atom is -0.379 e. The molecule has 0 atom stereocenters. The van der Waals surface area contributed by atoms with Gasteiger partial charge in [0.2, 0.25) is 10.0 Å². The van der Waals surface area contributed by atoms with E-state index in [4.69, 9.17) is 0 Å². The second-order valence-corrected chi connectivity index (χ2v) is 6.82. The van der Waals surface area contributed by atoms with Crippen molar-refractivity contribution in [1.82, 2.24) is 4.98 Å². The number of anilines is 2. The van der Waals surface area contributed by atoms with E-state index in [1.807, 2.05) is 20.8 Å². The minimum absolute atomic E-state index is 0.0384. The van der Waals surface area contributed by atoms with Crippen LogP contribution in [0.15, 0.2) is 18.3 Å². The predicted molar refractivity (Wildman–Crippen MR) is 70.7 cm³/mol. The largest absolute Gasteiger partial charge is 0.379 e. The second-order valence-electron chi connectivity index (χ2n) is 4.81. The molecule has 5 nitrogen and oxygen atoms in total. The van der Waals surface area contributed by atoms with E-state index in [1.54, 1.807) is 25.3 Å². The average molecular weight is 257 g/mol. The van der Waals surface area contributed by atoms with Gasteiger partial charge in [-0.3, -0.25) is 4.72 Å². The fourth-order valence-electron chi connectivity index (χ4n) is 1.19. The second kappa shape index (κ2) is 4.91. The molecule has 0 aliphatic rings. The zero-order valence-electron chi connectivity index (χ0n) is 10.6. The molecule has 6 heteroatoms. The number of nitrogens with zero attached hydrogens (tertiary/aromatic N) is 1. The highest BCUT2D eigenvalue weighted by Crippen LogP contribution is 2.15. The van der Waals surface area contributed by atoms with Crippen LogP contribution in [0.4, 0.5) is 11.5 Å². The summed E-state index contributed by atoms with van der Waals surface area (Å²) in [6, 6.07) is 3.44. The first-order valence-electron chi connectivity index (χ1n) is 5.46. The summed E-state index contributed by atoms with van der Waals surface area (Å²) >= 11 is 0. The Morgan fingerprint density at radius 3 is 2.35 bits per heavy atom. The highest BCUT2D eigenvalue weighted by atomic mass is 32.2. The molecule has 1 aromatic rings. The summed E-state index contributed by atoms with van der Waals surface area (Å²) in [5.74, 6) is 0.378. The fraction of sp³-hybridized carbons (Fsp3) is 0.545. The van der Waals surface area contributed by atoms with Crippen LogP contribution in [-0.2, 0) is 10.0 Å². The normalized spacial score (nSPS) is 12.2. The molecule has 0 aromatic carbocycles. The fourth-order valence-corrected chi connectivity index (χ4v) is 1.78. The molecule has 0 bridgehead atoms. The third-order valence-electron chi connectivity index (χ3n) is 1.92. The van der Waals surface area contributed by atoms with Crippen LogP contribution in [0.1, 0.15) is 27.7 Å². The van der Waals surface area contributed by atoms with Crippen LogP contribution in [0.3, 0.4) is 0 Å². The third kappa shape index (κ3) is 5.04. The summed E-state index contributed by atoms with van der Waals surface area (Å²) < 4.78 is 25.0. The summed E-state index contributed by atoms with van der Waals surface area (Å²) in [6.45, 7) is 7.71. The van der Waals surface area contributed by atoms with Crippen LogP contribution >= 0.6 is 0 Å². The third-order valence-corrected chi connectivity index (χ3v) is 3.20. The minimum atomic E-state index is -3.25. The predicted octanol–water partition coefficient (Wildman–Crippen LogP) is 2.05. The molecule has 2 N–H and O–H groups in total. The van der Waals surface area contributed by atoms with E-state index in [1.165, 1.54) is 0 Å². The monoisotopic (exact) mass is 257 g/mol. The van der Waals surface area contributed by atoms with E-state index in [0.717, 1.165) is 5.69 Å². The van der Waals surface area contributed by atoms with Crippen LogP contribution in [-0.4, -0.2) is 24.7 Å². The molecule has 0 saturated heterocycles. The van der Waals surface area contributed by atoms with Crippen molar-refractivity contribution in [2.45, 2.75) is 33.2 Å². The number of rotatable bonds is 4. The molecule has 1 heterocycles. The van der Waals surface area contributed by atoms with Gasteiger partial charge in [0.15, 0.2) is 0 Å². The van der Waals surface area contributed by atoms with Gasteiger partial charge in [-0.2, -0.15) is 0 Å². The van der Waals surface area contributed by atoms with Crippen LogP contribution in [0.5, 0.6) is 0 Å². The van der Waals surface area contributed by atoms with Crippen molar-refractivity contribution in [3.63, 3.8) is 0 Å². The first-order valence-corrected chi connectivity index (χ1v) is 7.12. The Morgan fingerprint density at radius 2 is 1.94 bits per heavy atom. The van der Waals surface area contributed by atoms with E-state index in [0.29, 0.717) is 5.82 Å². The van der Waals surface area contributed by atoms with Crippen molar-refractivity contribution < 1.29 is 8.42 Å². The maximum atomic E-state index is 11.3. The Balaban J connectivity index is 2.76. The zero-order chi connectivity index (χ0) is 13.1. The van der Waals surface area contributed by atoms with Crippen molar-refractivity contribution in [3.05, 3.63) is 18.3 Å². The number of pyridine rings is 1. The SMILES string of the molecule is CCS(=O)(=O)Nc1ccc(NC(C)(C)C)cn1. The maximum Gasteiger partial charge on any atom is 0.233 e. The smallest absolute Gasteiger partial charge is 0.233 e. The first-order chi connectivity index (χ1) is 7.72. The lowest BCUT2D eigenvalue weighted by Gasteiger charge is -2.21. The van der Waals surface area contributed by atoms with E-state index in [-0.39, 0.29) is 11.3 Å². The summed E-state index contributed by atoms with van der Waals surface area (Å²) in [7, 11) is -3.25. The molecule has 1 aromatic heterocycles. The van der Waals surface area contributed by atoms with Crippen molar-refractivity contribution in [2.75, 3.05) is 15.8 Å². The molecular weight excluding hydrogens is 238 g/mol. The summed E-state index contributed by atoms with van der Waals surface area (Å²) in [5, 5.41) is 3.25. The Hall–Kier alpha value is -1.30. The van der Waals surface area contributed by atoms with Gasteiger partial charge in [-0.25, -0.2) is 13.4 Å². The lowest BCUT2D eigenvalue weighted by molar-refractivity contribution is 0.602. The average Bonchev–Trinajstić information content (AvgIpc) is 2.19. The van der Waals surface area contributed by atoms with Crippen molar-refractivity contribution >= 4 is 21.5 Å². The maximum absolute atomic E-state index is 11.3. The Bertz CT molecular complexity index is 460. The molecule has 0 fully saturated rings. The molecule has 1 rings (SSSR count). The van der Waals surface area contributed by atoms with Crippen molar-refractivity contribution in [1.29, 1.82) is 0 Å². The van der Waals surface area contributed by atoms with Gasteiger partial charge in [0.1, 0.15) is 5.82 Å². The molecule has 0 unspecified atom stereocenters. The van der Waals surface area contributed by atoms with Crippen LogP contribution in [0, 0.1) is 0 Å². The molecular formula is C11H19N3O2S. The van der Waals surface area contributed by atoms with Gasteiger partial charge in [0.25, 0.3) is 0 Å². The highest BCUT2D eigenvalue weighted by Gasteiger charge is 2.10.